The highest BCUT2D eigenvalue weighted by Gasteiger charge is 2.16. The molecule has 8 heteroatoms. The molecule has 0 aliphatic heterocycles. The number of sulfonamides is 1. The molecule has 0 radical (unpaired) electrons. The van der Waals surface area contributed by atoms with E-state index in [2.05, 4.69) is 23.9 Å². The zero-order valence-corrected chi connectivity index (χ0v) is 15.4. The lowest BCUT2D eigenvalue weighted by Gasteiger charge is -2.12. The molecular weight excluding hydrogens is 332 g/mol. The van der Waals surface area contributed by atoms with Crippen LogP contribution in [0.3, 0.4) is 0 Å². The standard InChI is InChI=1S/C16H26N2O5S/c1-12(2)11-23-9-5-8-17-24(20,21)14-6-7-16(22-4)15(10-14)18-13(3)19/h6-7,10,12,17H,5,8-9,11H2,1-4H3,(H,18,19). The van der Waals surface area contributed by atoms with Crippen LogP contribution in [0.4, 0.5) is 5.69 Å². The lowest BCUT2D eigenvalue weighted by molar-refractivity contribution is -0.114. The van der Waals surface area contributed by atoms with Gasteiger partial charge in [0.1, 0.15) is 5.75 Å². The molecule has 0 spiro atoms. The summed E-state index contributed by atoms with van der Waals surface area (Å²) in [7, 11) is -2.21. The maximum Gasteiger partial charge on any atom is 0.240 e. The predicted molar refractivity (Wildman–Crippen MR) is 92.8 cm³/mol. The molecule has 0 heterocycles. The van der Waals surface area contributed by atoms with Crippen LogP contribution < -0.4 is 14.8 Å². The molecule has 7 nitrogen and oxygen atoms in total. The molecule has 136 valence electrons. The van der Waals surface area contributed by atoms with Gasteiger partial charge in [-0.3, -0.25) is 4.79 Å². The Kier molecular flexibility index (Phi) is 8.17. The first-order valence-corrected chi connectivity index (χ1v) is 9.27. The van der Waals surface area contributed by atoms with E-state index in [9.17, 15) is 13.2 Å². The van der Waals surface area contributed by atoms with E-state index in [-0.39, 0.29) is 17.3 Å². The number of anilines is 1. The van der Waals surface area contributed by atoms with E-state index in [4.69, 9.17) is 9.47 Å². The lowest BCUT2D eigenvalue weighted by Crippen LogP contribution is -2.26. The third-order valence-electron chi connectivity index (χ3n) is 3.00. The normalized spacial score (nSPS) is 11.5. The fraction of sp³-hybridized carbons (Fsp3) is 0.562. The number of carbonyl (C=O) groups excluding carboxylic acids is 1. The monoisotopic (exact) mass is 358 g/mol. The topological polar surface area (TPSA) is 93.7 Å². The van der Waals surface area contributed by atoms with Gasteiger partial charge in [0.05, 0.1) is 17.7 Å². The molecule has 1 aromatic carbocycles. The van der Waals surface area contributed by atoms with Gasteiger partial charge in [0.15, 0.2) is 0 Å². The Morgan fingerprint density at radius 1 is 1.29 bits per heavy atom. The van der Waals surface area contributed by atoms with Crippen molar-refractivity contribution < 1.29 is 22.7 Å². The van der Waals surface area contributed by atoms with Crippen molar-refractivity contribution in [2.75, 3.05) is 32.2 Å². The molecule has 0 aromatic heterocycles. The molecule has 1 aromatic rings. The second kappa shape index (κ2) is 9.61. The SMILES string of the molecule is COc1ccc(S(=O)(=O)NCCCOCC(C)C)cc1NC(C)=O. The Morgan fingerprint density at radius 3 is 2.58 bits per heavy atom. The van der Waals surface area contributed by atoms with E-state index in [0.717, 1.165) is 0 Å². The number of ether oxygens (including phenoxy) is 2. The number of rotatable bonds is 10. The summed E-state index contributed by atoms with van der Waals surface area (Å²) < 4.78 is 37.7. The van der Waals surface area contributed by atoms with Gasteiger partial charge in [-0.2, -0.15) is 0 Å². The van der Waals surface area contributed by atoms with E-state index >= 15 is 0 Å². The maximum atomic E-state index is 12.3. The minimum absolute atomic E-state index is 0.0650. The third-order valence-corrected chi connectivity index (χ3v) is 4.46. The molecule has 1 amide bonds. The average Bonchev–Trinajstić information content (AvgIpc) is 2.49. The van der Waals surface area contributed by atoms with Crippen LogP contribution in [0.5, 0.6) is 5.75 Å². The minimum Gasteiger partial charge on any atom is -0.495 e. The van der Waals surface area contributed by atoms with Crippen LogP contribution in [0.15, 0.2) is 23.1 Å². The zero-order valence-electron chi connectivity index (χ0n) is 14.6. The molecule has 24 heavy (non-hydrogen) atoms. The van der Waals surface area contributed by atoms with Gasteiger partial charge in [0.25, 0.3) is 0 Å². The molecule has 0 saturated carbocycles. The molecule has 1 rings (SSSR count). The minimum atomic E-state index is -3.66. The predicted octanol–water partition coefficient (Wildman–Crippen LogP) is 1.99. The van der Waals surface area contributed by atoms with Gasteiger partial charge in [0.2, 0.25) is 15.9 Å². The van der Waals surface area contributed by atoms with E-state index in [0.29, 0.717) is 37.0 Å². The first kappa shape index (κ1) is 20.4. The average molecular weight is 358 g/mol. The number of hydrogen-bond donors (Lipinski definition) is 2. The summed E-state index contributed by atoms with van der Waals surface area (Å²) in [4.78, 5) is 11.3. The first-order chi connectivity index (χ1) is 11.3. The van der Waals surface area contributed by atoms with Crippen LogP contribution in [0.2, 0.25) is 0 Å². The van der Waals surface area contributed by atoms with Gasteiger partial charge in [-0.25, -0.2) is 13.1 Å². The second-order valence-electron chi connectivity index (χ2n) is 5.76. The van der Waals surface area contributed by atoms with Gasteiger partial charge in [-0.1, -0.05) is 13.8 Å². The summed E-state index contributed by atoms with van der Waals surface area (Å²) in [5, 5.41) is 2.56. The second-order valence-corrected chi connectivity index (χ2v) is 7.53. The maximum absolute atomic E-state index is 12.3. The van der Waals surface area contributed by atoms with Crippen molar-refractivity contribution in [1.82, 2.24) is 4.72 Å². The summed E-state index contributed by atoms with van der Waals surface area (Å²) in [6, 6.07) is 4.31. The van der Waals surface area contributed by atoms with Crippen molar-refractivity contribution in [2.45, 2.75) is 32.1 Å². The Bertz CT molecular complexity index is 644. The van der Waals surface area contributed by atoms with Gasteiger partial charge in [0, 0.05) is 26.7 Å². The van der Waals surface area contributed by atoms with Crippen molar-refractivity contribution in [2.24, 2.45) is 5.92 Å². The summed E-state index contributed by atoms with van der Waals surface area (Å²) in [5.74, 6) is 0.539. The molecule has 0 fully saturated rings. The molecular formula is C16H26N2O5S. The molecule has 0 unspecified atom stereocenters. The zero-order chi connectivity index (χ0) is 18.2. The van der Waals surface area contributed by atoms with Crippen LogP contribution in [0, 0.1) is 5.92 Å². The van der Waals surface area contributed by atoms with E-state index in [1.807, 2.05) is 0 Å². The highest BCUT2D eigenvalue weighted by Crippen LogP contribution is 2.27. The fourth-order valence-electron chi connectivity index (χ4n) is 1.92. The smallest absolute Gasteiger partial charge is 0.240 e. The van der Waals surface area contributed by atoms with Crippen LogP contribution >= 0.6 is 0 Å². The van der Waals surface area contributed by atoms with E-state index < -0.39 is 10.0 Å². The molecule has 0 saturated heterocycles. The number of benzene rings is 1. The van der Waals surface area contributed by atoms with Crippen molar-refractivity contribution in [1.29, 1.82) is 0 Å². The Morgan fingerprint density at radius 2 is 2.00 bits per heavy atom. The van der Waals surface area contributed by atoms with Crippen molar-refractivity contribution in [3.8, 4) is 5.75 Å². The van der Waals surface area contributed by atoms with Gasteiger partial charge >= 0.3 is 0 Å². The first-order valence-electron chi connectivity index (χ1n) is 7.79. The van der Waals surface area contributed by atoms with Crippen molar-refractivity contribution in [3.05, 3.63) is 18.2 Å². The Labute approximate surface area is 143 Å². The largest absolute Gasteiger partial charge is 0.495 e. The van der Waals surface area contributed by atoms with Crippen LogP contribution in [0.1, 0.15) is 27.2 Å². The van der Waals surface area contributed by atoms with Crippen LogP contribution in [-0.4, -0.2) is 41.2 Å². The summed E-state index contributed by atoms with van der Waals surface area (Å²) in [6.45, 7) is 6.89. The quantitative estimate of drug-likeness (QED) is 0.624. The number of amides is 1. The summed E-state index contributed by atoms with van der Waals surface area (Å²) in [5.41, 5.74) is 0.313. The van der Waals surface area contributed by atoms with Gasteiger partial charge < -0.3 is 14.8 Å². The van der Waals surface area contributed by atoms with Gasteiger partial charge in [-0.15, -0.1) is 0 Å². The van der Waals surface area contributed by atoms with E-state index in [1.165, 1.54) is 32.2 Å². The highest BCUT2D eigenvalue weighted by molar-refractivity contribution is 7.89. The number of carbonyl (C=O) groups is 1. The van der Waals surface area contributed by atoms with E-state index in [1.54, 1.807) is 0 Å². The number of methoxy groups -OCH3 is 1. The Hall–Kier alpha value is -1.64. The molecule has 2 N–H and O–H groups in total. The fourth-order valence-corrected chi connectivity index (χ4v) is 3.02. The molecule has 0 bridgehead atoms. The lowest BCUT2D eigenvalue weighted by atomic mass is 10.2. The summed E-state index contributed by atoms with van der Waals surface area (Å²) >= 11 is 0. The van der Waals surface area contributed by atoms with Crippen molar-refractivity contribution >= 4 is 21.6 Å². The third kappa shape index (κ3) is 6.86. The molecule has 0 aliphatic rings. The molecule has 0 atom stereocenters. The number of hydrogen-bond acceptors (Lipinski definition) is 5. The highest BCUT2D eigenvalue weighted by atomic mass is 32.2. The summed E-state index contributed by atoms with van der Waals surface area (Å²) in [6.07, 6.45) is 0.584. The molecule has 0 aliphatic carbocycles. The number of nitrogens with one attached hydrogen (secondary N) is 2. The van der Waals surface area contributed by atoms with Crippen LogP contribution in [0.25, 0.3) is 0 Å². The van der Waals surface area contributed by atoms with Gasteiger partial charge in [-0.05, 0) is 30.5 Å². The Balaban J connectivity index is 2.67. The van der Waals surface area contributed by atoms with Crippen molar-refractivity contribution in [3.63, 3.8) is 0 Å². The van der Waals surface area contributed by atoms with Crippen LogP contribution in [-0.2, 0) is 19.6 Å².